The normalized spacial score (nSPS) is 23.8. The van der Waals surface area contributed by atoms with Crippen molar-refractivity contribution >= 4 is 11.6 Å². The third-order valence-electron chi connectivity index (χ3n) is 4.14. The maximum atomic E-state index is 12.8. The van der Waals surface area contributed by atoms with Crippen LogP contribution in [0.2, 0.25) is 0 Å². The molecular formula is C17H16O5. The summed E-state index contributed by atoms with van der Waals surface area (Å²) in [6.07, 6.45) is 1.43. The molecule has 0 heterocycles. The van der Waals surface area contributed by atoms with Crippen LogP contribution in [0.1, 0.15) is 20.7 Å². The average molecular weight is 300 g/mol. The first-order valence-electron chi connectivity index (χ1n) is 6.94. The number of ketones is 2. The van der Waals surface area contributed by atoms with Crippen LogP contribution in [0.5, 0.6) is 0 Å². The zero-order valence-electron chi connectivity index (χ0n) is 12.3. The van der Waals surface area contributed by atoms with Crippen molar-refractivity contribution in [2.45, 2.75) is 0 Å². The summed E-state index contributed by atoms with van der Waals surface area (Å²) in [7, 11) is 2.92. The van der Waals surface area contributed by atoms with Crippen molar-refractivity contribution < 1.29 is 24.2 Å². The fourth-order valence-electron chi connectivity index (χ4n) is 3.15. The second-order valence-electron chi connectivity index (χ2n) is 5.31. The molecule has 0 bridgehead atoms. The first-order valence-corrected chi connectivity index (χ1v) is 6.94. The van der Waals surface area contributed by atoms with Crippen molar-refractivity contribution in [1.82, 2.24) is 0 Å². The Morgan fingerprint density at radius 2 is 1.73 bits per heavy atom. The van der Waals surface area contributed by atoms with Gasteiger partial charge in [0.15, 0.2) is 11.6 Å². The maximum absolute atomic E-state index is 12.8. The summed E-state index contributed by atoms with van der Waals surface area (Å²) in [4.78, 5) is 25.5. The zero-order chi connectivity index (χ0) is 15.9. The van der Waals surface area contributed by atoms with Crippen LogP contribution in [0.15, 0.2) is 47.4 Å². The number of methoxy groups -OCH3 is 2. The molecule has 5 nitrogen and oxygen atoms in total. The predicted octanol–water partition coefficient (Wildman–Crippen LogP) is 2.30. The van der Waals surface area contributed by atoms with Gasteiger partial charge in [0.25, 0.3) is 0 Å². The highest BCUT2D eigenvalue weighted by Crippen LogP contribution is 2.41. The molecule has 0 saturated carbocycles. The number of hydrogen-bond donors (Lipinski definition) is 1. The Morgan fingerprint density at radius 1 is 1.09 bits per heavy atom. The number of allylic oxidation sites excluding steroid dienone is 2. The third kappa shape index (κ3) is 1.97. The molecule has 22 heavy (non-hydrogen) atoms. The largest absolute Gasteiger partial charge is 0.508 e. The molecule has 5 heteroatoms. The van der Waals surface area contributed by atoms with Gasteiger partial charge in [-0.1, -0.05) is 24.3 Å². The lowest BCUT2D eigenvalue weighted by molar-refractivity contribution is 0.0723. The first-order chi connectivity index (χ1) is 10.6. The van der Waals surface area contributed by atoms with Gasteiger partial charge in [0.05, 0.1) is 31.1 Å². The first kappa shape index (κ1) is 14.5. The van der Waals surface area contributed by atoms with E-state index in [2.05, 4.69) is 0 Å². The van der Waals surface area contributed by atoms with E-state index in [1.807, 2.05) is 0 Å². The summed E-state index contributed by atoms with van der Waals surface area (Å²) in [5.41, 5.74) is 1.20. The SMILES string of the molecule is COCC1=C(OC)C2C(=O)c3ccccc3C(=O)C2C=C1O. The summed E-state index contributed by atoms with van der Waals surface area (Å²) < 4.78 is 10.4. The highest BCUT2D eigenvalue weighted by molar-refractivity contribution is 6.17. The molecule has 0 radical (unpaired) electrons. The van der Waals surface area contributed by atoms with E-state index in [4.69, 9.17) is 9.47 Å². The van der Waals surface area contributed by atoms with Crippen LogP contribution in [0.3, 0.4) is 0 Å². The van der Waals surface area contributed by atoms with Gasteiger partial charge in [0.2, 0.25) is 0 Å². The molecule has 114 valence electrons. The molecule has 2 atom stereocenters. The van der Waals surface area contributed by atoms with Gasteiger partial charge in [0.1, 0.15) is 11.5 Å². The van der Waals surface area contributed by atoms with Crippen LogP contribution in [0, 0.1) is 11.8 Å². The summed E-state index contributed by atoms with van der Waals surface area (Å²) in [6, 6.07) is 6.73. The van der Waals surface area contributed by atoms with Gasteiger partial charge in [-0.25, -0.2) is 0 Å². The van der Waals surface area contributed by atoms with Crippen LogP contribution in [0.4, 0.5) is 0 Å². The summed E-state index contributed by atoms with van der Waals surface area (Å²) in [5.74, 6) is -1.60. The zero-order valence-corrected chi connectivity index (χ0v) is 12.3. The molecule has 0 fully saturated rings. The Morgan fingerprint density at radius 3 is 2.32 bits per heavy atom. The van der Waals surface area contributed by atoms with Gasteiger partial charge in [0, 0.05) is 18.2 Å². The second-order valence-corrected chi connectivity index (χ2v) is 5.31. The van der Waals surface area contributed by atoms with E-state index in [0.717, 1.165) is 0 Å². The van der Waals surface area contributed by atoms with E-state index >= 15 is 0 Å². The van der Waals surface area contributed by atoms with Crippen LogP contribution >= 0.6 is 0 Å². The summed E-state index contributed by atoms with van der Waals surface area (Å²) >= 11 is 0. The number of hydrogen-bond acceptors (Lipinski definition) is 5. The van der Waals surface area contributed by atoms with Crippen molar-refractivity contribution in [2.24, 2.45) is 11.8 Å². The topological polar surface area (TPSA) is 72.8 Å². The molecule has 2 unspecified atom stereocenters. The lowest BCUT2D eigenvalue weighted by atomic mass is 9.70. The molecule has 2 aliphatic carbocycles. The van der Waals surface area contributed by atoms with E-state index in [1.54, 1.807) is 24.3 Å². The predicted molar refractivity (Wildman–Crippen MR) is 78.7 cm³/mol. The van der Waals surface area contributed by atoms with Gasteiger partial charge >= 0.3 is 0 Å². The van der Waals surface area contributed by atoms with E-state index in [-0.39, 0.29) is 23.9 Å². The van der Waals surface area contributed by atoms with Crippen molar-refractivity contribution in [3.05, 3.63) is 58.6 Å². The molecule has 0 spiro atoms. The number of rotatable bonds is 3. The number of Topliss-reactive ketones (excluding diaryl/α,β-unsaturated/α-hetero) is 2. The molecule has 0 amide bonds. The van der Waals surface area contributed by atoms with E-state index in [0.29, 0.717) is 22.5 Å². The molecule has 3 rings (SSSR count). The van der Waals surface area contributed by atoms with E-state index < -0.39 is 11.8 Å². The van der Waals surface area contributed by atoms with Crippen molar-refractivity contribution in [3.8, 4) is 0 Å². The van der Waals surface area contributed by atoms with Crippen LogP contribution in [0.25, 0.3) is 0 Å². The van der Waals surface area contributed by atoms with Crippen LogP contribution < -0.4 is 0 Å². The van der Waals surface area contributed by atoms with Gasteiger partial charge in [-0.3, -0.25) is 9.59 Å². The standard InChI is InChI=1S/C17H16O5/c1-21-8-12-13(18)7-11-14(17(12)22-2)16(20)10-6-4-3-5-9(10)15(11)19/h3-7,11,14,18H,8H2,1-2H3. The summed E-state index contributed by atoms with van der Waals surface area (Å²) in [5, 5.41) is 10.2. The lowest BCUT2D eigenvalue weighted by Crippen LogP contribution is -2.40. The van der Waals surface area contributed by atoms with Crippen molar-refractivity contribution in [3.63, 3.8) is 0 Å². The Balaban J connectivity index is 2.19. The number of benzene rings is 1. The highest BCUT2D eigenvalue weighted by atomic mass is 16.5. The minimum absolute atomic E-state index is 0.0690. The van der Waals surface area contributed by atoms with Gasteiger partial charge in [-0.15, -0.1) is 0 Å². The van der Waals surface area contributed by atoms with Gasteiger partial charge < -0.3 is 14.6 Å². The maximum Gasteiger partial charge on any atom is 0.175 e. The lowest BCUT2D eigenvalue weighted by Gasteiger charge is -2.34. The molecule has 0 aromatic heterocycles. The molecule has 1 aromatic carbocycles. The Hall–Kier alpha value is -2.40. The third-order valence-corrected chi connectivity index (χ3v) is 4.14. The van der Waals surface area contributed by atoms with Crippen molar-refractivity contribution in [1.29, 1.82) is 0 Å². The van der Waals surface area contributed by atoms with E-state index in [9.17, 15) is 14.7 Å². The Labute approximate surface area is 127 Å². The van der Waals surface area contributed by atoms with Gasteiger partial charge in [-0.2, -0.15) is 0 Å². The fourth-order valence-corrected chi connectivity index (χ4v) is 3.15. The quantitative estimate of drug-likeness (QED) is 0.927. The number of ether oxygens (including phenoxy) is 2. The molecule has 0 saturated heterocycles. The number of aliphatic hydroxyl groups is 1. The molecule has 0 aliphatic heterocycles. The Bertz CT molecular complexity index is 714. The second kappa shape index (κ2) is 5.42. The fraction of sp³-hybridized carbons (Fsp3) is 0.294. The van der Waals surface area contributed by atoms with Gasteiger partial charge in [-0.05, 0) is 6.08 Å². The molecule has 1 N–H and O–H groups in total. The monoisotopic (exact) mass is 300 g/mol. The Kier molecular flexibility index (Phi) is 3.58. The van der Waals surface area contributed by atoms with Crippen molar-refractivity contribution in [2.75, 3.05) is 20.8 Å². The minimum Gasteiger partial charge on any atom is -0.508 e. The molecule has 2 aliphatic rings. The van der Waals surface area contributed by atoms with Crippen LogP contribution in [-0.2, 0) is 9.47 Å². The smallest absolute Gasteiger partial charge is 0.175 e. The minimum atomic E-state index is -0.742. The number of carbonyl (C=O) groups is 2. The van der Waals surface area contributed by atoms with E-state index in [1.165, 1.54) is 20.3 Å². The summed E-state index contributed by atoms with van der Waals surface area (Å²) in [6.45, 7) is 0.109. The molecule has 1 aromatic rings. The highest BCUT2D eigenvalue weighted by Gasteiger charge is 2.46. The average Bonchev–Trinajstić information content (AvgIpc) is 2.54. The number of fused-ring (bicyclic) bond motifs is 2. The number of carbonyl (C=O) groups excluding carboxylic acids is 2. The number of aliphatic hydroxyl groups excluding tert-OH is 1. The molecular weight excluding hydrogens is 284 g/mol. The van der Waals surface area contributed by atoms with Crippen LogP contribution in [-0.4, -0.2) is 37.5 Å².